The third-order valence-corrected chi connectivity index (χ3v) is 3.50. The number of methoxy groups -OCH3 is 1. The molecule has 1 aromatic carbocycles. The van der Waals surface area contributed by atoms with Gasteiger partial charge in [0.15, 0.2) is 0 Å². The summed E-state index contributed by atoms with van der Waals surface area (Å²) in [6.07, 6.45) is 3.18. The fourth-order valence-electron chi connectivity index (χ4n) is 2.09. The van der Waals surface area contributed by atoms with Gasteiger partial charge in [-0.2, -0.15) is 0 Å². The molecule has 0 unspecified atom stereocenters. The molecule has 0 atom stereocenters. The van der Waals surface area contributed by atoms with Gasteiger partial charge in [-0.3, -0.25) is 0 Å². The van der Waals surface area contributed by atoms with E-state index in [-0.39, 0.29) is 5.41 Å². The highest BCUT2D eigenvalue weighted by atomic mass is 79.9. The van der Waals surface area contributed by atoms with E-state index in [4.69, 9.17) is 10.5 Å². The molecule has 18 heavy (non-hydrogen) atoms. The van der Waals surface area contributed by atoms with E-state index in [0.29, 0.717) is 0 Å². The van der Waals surface area contributed by atoms with Crippen molar-refractivity contribution in [3.05, 3.63) is 27.7 Å². The summed E-state index contributed by atoms with van der Waals surface area (Å²) >= 11 is 3.60. The number of hydrogen-bond donors (Lipinski definition) is 1. The molecular weight excluding hydrogens is 290 g/mol. The molecule has 0 spiro atoms. The lowest BCUT2D eigenvalue weighted by Crippen LogP contribution is -2.14. The van der Waals surface area contributed by atoms with Crippen molar-refractivity contribution in [2.45, 2.75) is 45.4 Å². The predicted octanol–water partition coefficient (Wildman–Crippen LogP) is 4.04. The van der Waals surface area contributed by atoms with Crippen molar-refractivity contribution in [3.63, 3.8) is 0 Å². The van der Waals surface area contributed by atoms with Crippen molar-refractivity contribution < 1.29 is 4.74 Å². The van der Waals surface area contributed by atoms with E-state index in [1.807, 2.05) is 0 Å². The van der Waals surface area contributed by atoms with Crippen molar-refractivity contribution in [3.8, 4) is 5.75 Å². The minimum Gasteiger partial charge on any atom is -0.496 e. The van der Waals surface area contributed by atoms with Crippen LogP contribution in [0.2, 0.25) is 0 Å². The Morgan fingerprint density at radius 1 is 1.22 bits per heavy atom. The molecule has 3 heteroatoms. The number of aryl methyl sites for hydroxylation is 1. The summed E-state index contributed by atoms with van der Waals surface area (Å²) in [5.74, 6) is 1.03. The van der Waals surface area contributed by atoms with Crippen LogP contribution in [0.25, 0.3) is 0 Å². The lowest BCUT2D eigenvalue weighted by Gasteiger charge is -2.24. The molecule has 0 amide bonds. The van der Waals surface area contributed by atoms with E-state index >= 15 is 0 Å². The Hall–Kier alpha value is -0.540. The molecule has 0 saturated heterocycles. The maximum absolute atomic E-state index is 5.64. The average molecular weight is 314 g/mol. The van der Waals surface area contributed by atoms with Crippen molar-refractivity contribution >= 4 is 15.9 Å². The molecule has 0 fully saturated rings. The third kappa shape index (κ3) is 3.99. The Morgan fingerprint density at radius 3 is 2.39 bits per heavy atom. The number of nitrogens with two attached hydrogens (primary N) is 1. The maximum Gasteiger partial charge on any atom is 0.125 e. The van der Waals surface area contributed by atoms with Gasteiger partial charge in [-0.1, -0.05) is 36.7 Å². The van der Waals surface area contributed by atoms with Gasteiger partial charge < -0.3 is 10.5 Å². The van der Waals surface area contributed by atoms with Crippen LogP contribution in [0.4, 0.5) is 0 Å². The van der Waals surface area contributed by atoms with Crippen LogP contribution in [0.15, 0.2) is 16.6 Å². The first-order chi connectivity index (χ1) is 8.40. The van der Waals surface area contributed by atoms with Gasteiger partial charge in [0, 0.05) is 10.0 Å². The molecule has 0 saturated carbocycles. The minimum atomic E-state index is 0.0811. The second kappa shape index (κ2) is 6.58. The van der Waals surface area contributed by atoms with Crippen molar-refractivity contribution in [1.82, 2.24) is 0 Å². The third-order valence-electron chi connectivity index (χ3n) is 3.04. The number of ether oxygens (including phenoxy) is 1. The van der Waals surface area contributed by atoms with Gasteiger partial charge in [0.25, 0.3) is 0 Å². The quantitative estimate of drug-likeness (QED) is 0.833. The van der Waals surface area contributed by atoms with E-state index in [0.717, 1.165) is 36.0 Å². The van der Waals surface area contributed by atoms with E-state index in [2.05, 4.69) is 48.8 Å². The number of unbranched alkanes of at least 4 members (excludes halogenated alkanes) is 1. The number of hydrogen-bond acceptors (Lipinski definition) is 2. The van der Waals surface area contributed by atoms with Crippen LogP contribution in [0.3, 0.4) is 0 Å². The van der Waals surface area contributed by atoms with Gasteiger partial charge in [0.2, 0.25) is 0 Å². The molecule has 2 N–H and O–H groups in total. The zero-order valence-electron chi connectivity index (χ0n) is 11.8. The summed E-state index contributed by atoms with van der Waals surface area (Å²) in [7, 11) is 1.75. The molecular formula is C15H24BrNO. The molecule has 0 aliphatic carbocycles. The monoisotopic (exact) mass is 313 g/mol. The summed E-state index contributed by atoms with van der Waals surface area (Å²) in [6.45, 7) is 7.38. The van der Waals surface area contributed by atoms with Gasteiger partial charge in [-0.05, 0) is 48.9 Å². The molecule has 0 heterocycles. The molecule has 1 rings (SSSR count). The summed E-state index contributed by atoms with van der Waals surface area (Å²) in [6, 6.07) is 4.32. The molecule has 0 radical (unpaired) electrons. The molecule has 2 nitrogen and oxygen atoms in total. The van der Waals surface area contributed by atoms with Crippen LogP contribution in [0.5, 0.6) is 5.75 Å². The summed E-state index contributed by atoms with van der Waals surface area (Å²) in [5, 5.41) is 0. The minimum absolute atomic E-state index is 0.0811. The number of halogens is 1. The van der Waals surface area contributed by atoms with Gasteiger partial charge in [0.05, 0.1) is 7.11 Å². The standard InChI is InChI=1S/C15H24BrNO/c1-15(2,3)13-10-12(16)9-11(14(13)18-4)7-5-6-8-17/h9-10H,5-8,17H2,1-4H3. The highest BCUT2D eigenvalue weighted by molar-refractivity contribution is 9.10. The molecule has 0 aliphatic rings. The molecule has 102 valence electrons. The van der Waals surface area contributed by atoms with Crippen LogP contribution in [0, 0.1) is 0 Å². The second-order valence-electron chi connectivity index (χ2n) is 5.64. The average Bonchev–Trinajstić information content (AvgIpc) is 2.27. The number of rotatable bonds is 5. The van der Waals surface area contributed by atoms with E-state index in [1.165, 1.54) is 11.1 Å². The van der Waals surface area contributed by atoms with Crippen LogP contribution < -0.4 is 10.5 Å². The smallest absolute Gasteiger partial charge is 0.125 e. The Morgan fingerprint density at radius 2 is 1.89 bits per heavy atom. The topological polar surface area (TPSA) is 35.2 Å². The number of benzene rings is 1. The SMILES string of the molecule is COc1c(CCCCN)cc(Br)cc1C(C)(C)C. The predicted molar refractivity (Wildman–Crippen MR) is 81.4 cm³/mol. The molecule has 0 aromatic heterocycles. The van der Waals surface area contributed by atoms with Crippen molar-refractivity contribution in [2.75, 3.05) is 13.7 Å². The summed E-state index contributed by atoms with van der Waals surface area (Å²) in [5.41, 5.74) is 8.15. The lowest BCUT2D eigenvalue weighted by molar-refractivity contribution is 0.391. The summed E-state index contributed by atoms with van der Waals surface area (Å²) < 4.78 is 6.76. The van der Waals surface area contributed by atoms with Crippen molar-refractivity contribution in [2.24, 2.45) is 5.73 Å². The van der Waals surface area contributed by atoms with Crippen molar-refractivity contribution in [1.29, 1.82) is 0 Å². The van der Waals surface area contributed by atoms with Gasteiger partial charge >= 0.3 is 0 Å². The zero-order chi connectivity index (χ0) is 13.8. The van der Waals surface area contributed by atoms with Gasteiger partial charge in [-0.15, -0.1) is 0 Å². The Labute approximate surface area is 119 Å². The highest BCUT2D eigenvalue weighted by Crippen LogP contribution is 2.37. The Bertz CT molecular complexity index is 396. The zero-order valence-corrected chi connectivity index (χ0v) is 13.4. The molecule has 1 aromatic rings. The Balaban J connectivity index is 3.12. The lowest BCUT2D eigenvalue weighted by atomic mass is 9.84. The first-order valence-corrected chi connectivity index (χ1v) is 7.26. The second-order valence-corrected chi connectivity index (χ2v) is 6.56. The van der Waals surface area contributed by atoms with Gasteiger partial charge in [0.1, 0.15) is 5.75 Å². The fraction of sp³-hybridized carbons (Fsp3) is 0.600. The van der Waals surface area contributed by atoms with E-state index < -0.39 is 0 Å². The van der Waals surface area contributed by atoms with Gasteiger partial charge in [-0.25, -0.2) is 0 Å². The normalized spacial score (nSPS) is 11.7. The first kappa shape index (κ1) is 15.5. The van der Waals surface area contributed by atoms with Crippen LogP contribution in [0.1, 0.15) is 44.7 Å². The van der Waals surface area contributed by atoms with E-state index in [9.17, 15) is 0 Å². The van der Waals surface area contributed by atoms with Crippen LogP contribution in [-0.2, 0) is 11.8 Å². The largest absolute Gasteiger partial charge is 0.496 e. The van der Waals surface area contributed by atoms with Crippen LogP contribution in [-0.4, -0.2) is 13.7 Å². The fourth-order valence-corrected chi connectivity index (χ4v) is 2.60. The molecule has 0 aliphatic heterocycles. The summed E-state index contributed by atoms with van der Waals surface area (Å²) in [4.78, 5) is 0. The molecule has 0 bridgehead atoms. The maximum atomic E-state index is 5.64. The van der Waals surface area contributed by atoms with E-state index in [1.54, 1.807) is 7.11 Å². The van der Waals surface area contributed by atoms with Crippen LogP contribution >= 0.6 is 15.9 Å². The first-order valence-electron chi connectivity index (χ1n) is 6.47. The Kier molecular flexibility index (Phi) is 5.67. The highest BCUT2D eigenvalue weighted by Gasteiger charge is 2.21.